The summed E-state index contributed by atoms with van der Waals surface area (Å²) in [5.41, 5.74) is 8.12. The van der Waals surface area contributed by atoms with E-state index in [1.54, 1.807) is 12.1 Å². The molecule has 0 aliphatic rings. The van der Waals surface area contributed by atoms with E-state index >= 15 is 0 Å². The van der Waals surface area contributed by atoms with Gasteiger partial charge in [-0.2, -0.15) is 0 Å². The van der Waals surface area contributed by atoms with Gasteiger partial charge in [-0.1, -0.05) is 26.0 Å². The monoisotopic (exact) mass is 243 g/mol. The first-order valence-electron chi connectivity index (χ1n) is 5.98. The normalized spacial score (nSPS) is 10.8. The molecular formula is C14H17N3O. The number of nitrogens with zero attached hydrogens (tertiary/aromatic N) is 2. The zero-order valence-corrected chi connectivity index (χ0v) is 10.6. The summed E-state index contributed by atoms with van der Waals surface area (Å²) in [4.78, 5) is 0. The lowest BCUT2D eigenvalue weighted by Gasteiger charge is -2.09. The van der Waals surface area contributed by atoms with Crippen molar-refractivity contribution in [1.82, 2.24) is 10.2 Å². The molecule has 18 heavy (non-hydrogen) atoms. The standard InChI is InChI=1S/C14H17N3O/c1-9(2)7-10-8-12(16-17-14(10)15)11-5-3-4-6-13(11)18/h3-6,8-9,18H,7H2,1-2H3,(H2,15,17). The molecule has 4 nitrogen and oxygen atoms in total. The van der Waals surface area contributed by atoms with Crippen LogP contribution in [0.5, 0.6) is 5.75 Å². The van der Waals surface area contributed by atoms with Crippen LogP contribution in [-0.2, 0) is 6.42 Å². The Hall–Kier alpha value is -2.10. The lowest BCUT2D eigenvalue weighted by molar-refractivity contribution is 0.477. The van der Waals surface area contributed by atoms with Gasteiger partial charge in [0, 0.05) is 5.56 Å². The van der Waals surface area contributed by atoms with Crippen molar-refractivity contribution < 1.29 is 5.11 Å². The second-order valence-electron chi connectivity index (χ2n) is 4.76. The molecule has 0 unspecified atom stereocenters. The average molecular weight is 243 g/mol. The van der Waals surface area contributed by atoms with Crippen LogP contribution in [0.2, 0.25) is 0 Å². The van der Waals surface area contributed by atoms with Crippen molar-refractivity contribution in [3.63, 3.8) is 0 Å². The smallest absolute Gasteiger partial charge is 0.149 e. The summed E-state index contributed by atoms with van der Waals surface area (Å²) in [6.07, 6.45) is 0.849. The molecule has 0 spiro atoms. The molecule has 0 fully saturated rings. The fourth-order valence-corrected chi connectivity index (χ4v) is 1.86. The highest BCUT2D eigenvalue weighted by Gasteiger charge is 2.10. The van der Waals surface area contributed by atoms with Gasteiger partial charge in [0.1, 0.15) is 11.6 Å². The third-order valence-electron chi connectivity index (χ3n) is 2.71. The maximum atomic E-state index is 9.81. The number of phenolic OH excluding ortho intramolecular Hbond substituents is 1. The minimum absolute atomic E-state index is 0.201. The number of para-hydroxylation sites is 1. The van der Waals surface area contributed by atoms with Crippen LogP contribution in [0.3, 0.4) is 0 Å². The Bertz CT molecular complexity index is 552. The van der Waals surface area contributed by atoms with Gasteiger partial charge in [-0.25, -0.2) is 0 Å². The summed E-state index contributed by atoms with van der Waals surface area (Å²) >= 11 is 0. The second-order valence-corrected chi connectivity index (χ2v) is 4.76. The second kappa shape index (κ2) is 5.04. The lowest BCUT2D eigenvalue weighted by Crippen LogP contribution is -2.04. The molecule has 0 saturated carbocycles. The van der Waals surface area contributed by atoms with Gasteiger partial charge in [-0.15, -0.1) is 10.2 Å². The van der Waals surface area contributed by atoms with E-state index in [0.29, 0.717) is 23.0 Å². The summed E-state index contributed by atoms with van der Waals surface area (Å²) in [5.74, 6) is 1.16. The van der Waals surface area contributed by atoms with Gasteiger partial charge in [-0.05, 0) is 36.1 Å². The zero-order chi connectivity index (χ0) is 13.1. The molecule has 0 aliphatic heterocycles. The van der Waals surface area contributed by atoms with Crippen molar-refractivity contribution >= 4 is 5.82 Å². The first-order valence-corrected chi connectivity index (χ1v) is 5.98. The average Bonchev–Trinajstić information content (AvgIpc) is 2.32. The number of nitrogens with two attached hydrogens (primary N) is 1. The van der Waals surface area contributed by atoms with E-state index < -0.39 is 0 Å². The molecule has 0 aliphatic carbocycles. The summed E-state index contributed by atoms with van der Waals surface area (Å²) < 4.78 is 0. The molecule has 0 radical (unpaired) electrons. The Morgan fingerprint density at radius 1 is 1.22 bits per heavy atom. The van der Waals surface area contributed by atoms with Gasteiger partial charge in [0.2, 0.25) is 0 Å². The first-order chi connectivity index (χ1) is 8.58. The summed E-state index contributed by atoms with van der Waals surface area (Å²) in [5, 5.41) is 17.8. The maximum absolute atomic E-state index is 9.81. The highest BCUT2D eigenvalue weighted by Crippen LogP contribution is 2.28. The maximum Gasteiger partial charge on any atom is 0.149 e. The van der Waals surface area contributed by atoms with E-state index in [1.807, 2.05) is 18.2 Å². The number of hydrogen-bond acceptors (Lipinski definition) is 4. The minimum atomic E-state index is 0.201. The molecule has 0 amide bonds. The molecule has 0 bridgehead atoms. The molecule has 0 saturated heterocycles. The predicted molar refractivity (Wildman–Crippen MR) is 72.1 cm³/mol. The van der Waals surface area contributed by atoms with Crippen LogP contribution in [0.15, 0.2) is 30.3 Å². The highest BCUT2D eigenvalue weighted by atomic mass is 16.3. The van der Waals surface area contributed by atoms with Crippen molar-refractivity contribution in [3.05, 3.63) is 35.9 Å². The first kappa shape index (κ1) is 12.4. The number of phenols is 1. The molecule has 1 heterocycles. The predicted octanol–water partition coefficient (Wildman–Crippen LogP) is 2.63. The number of aromatic hydroxyl groups is 1. The number of benzene rings is 1. The van der Waals surface area contributed by atoms with Crippen molar-refractivity contribution in [2.45, 2.75) is 20.3 Å². The van der Waals surface area contributed by atoms with Crippen LogP contribution >= 0.6 is 0 Å². The molecule has 3 N–H and O–H groups in total. The number of rotatable bonds is 3. The molecule has 2 rings (SSSR count). The van der Waals surface area contributed by atoms with Crippen LogP contribution in [-0.4, -0.2) is 15.3 Å². The molecule has 94 valence electrons. The lowest BCUT2D eigenvalue weighted by atomic mass is 10.0. The van der Waals surface area contributed by atoms with E-state index in [4.69, 9.17) is 5.73 Å². The topological polar surface area (TPSA) is 72.0 Å². The van der Waals surface area contributed by atoms with Gasteiger partial charge in [0.05, 0.1) is 5.69 Å². The SMILES string of the molecule is CC(C)Cc1cc(-c2ccccc2O)nnc1N. The van der Waals surface area contributed by atoms with E-state index in [9.17, 15) is 5.11 Å². The number of nitrogen functional groups attached to an aromatic ring is 1. The van der Waals surface area contributed by atoms with E-state index in [0.717, 1.165) is 12.0 Å². The van der Waals surface area contributed by atoms with E-state index in [1.165, 1.54) is 0 Å². The van der Waals surface area contributed by atoms with E-state index in [-0.39, 0.29) is 5.75 Å². The quantitative estimate of drug-likeness (QED) is 0.869. The van der Waals surface area contributed by atoms with Crippen LogP contribution in [0.4, 0.5) is 5.82 Å². The van der Waals surface area contributed by atoms with Crippen molar-refractivity contribution in [3.8, 4) is 17.0 Å². The summed E-state index contributed by atoms with van der Waals surface area (Å²) in [7, 11) is 0. The van der Waals surface area contributed by atoms with Gasteiger partial charge in [-0.3, -0.25) is 0 Å². The molecule has 1 aromatic carbocycles. The highest BCUT2D eigenvalue weighted by molar-refractivity contribution is 5.67. The fraction of sp³-hybridized carbons (Fsp3) is 0.286. The minimum Gasteiger partial charge on any atom is -0.507 e. The Kier molecular flexibility index (Phi) is 3.46. The van der Waals surface area contributed by atoms with Crippen molar-refractivity contribution in [1.29, 1.82) is 0 Å². The largest absolute Gasteiger partial charge is 0.507 e. The van der Waals surface area contributed by atoms with Gasteiger partial charge < -0.3 is 10.8 Å². The molecule has 2 aromatic rings. The third-order valence-corrected chi connectivity index (χ3v) is 2.71. The number of aromatic nitrogens is 2. The van der Waals surface area contributed by atoms with Gasteiger partial charge in [0.15, 0.2) is 0 Å². The van der Waals surface area contributed by atoms with Crippen molar-refractivity contribution in [2.24, 2.45) is 5.92 Å². The van der Waals surface area contributed by atoms with Crippen LogP contribution in [0.25, 0.3) is 11.3 Å². The van der Waals surface area contributed by atoms with Crippen LogP contribution < -0.4 is 5.73 Å². The molecule has 0 atom stereocenters. The zero-order valence-electron chi connectivity index (χ0n) is 10.6. The van der Waals surface area contributed by atoms with Crippen molar-refractivity contribution in [2.75, 3.05) is 5.73 Å². The summed E-state index contributed by atoms with van der Waals surface area (Å²) in [6.45, 7) is 4.25. The van der Waals surface area contributed by atoms with Gasteiger partial charge in [0.25, 0.3) is 0 Å². The van der Waals surface area contributed by atoms with Crippen LogP contribution in [0.1, 0.15) is 19.4 Å². The van der Waals surface area contributed by atoms with E-state index in [2.05, 4.69) is 24.0 Å². The Morgan fingerprint density at radius 2 is 1.94 bits per heavy atom. The Balaban J connectivity index is 2.44. The fourth-order valence-electron chi connectivity index (χ4n) is 1.86. The Labute approximate surface area is 106 Å². The molecule has 1 aromatic heterocycles. The number of anilines is 1. The van der Waals surface area contributed by atoms with Crippen LogP contribution in [0, 0.1) is 5.92 Å². The summed E-state index contributed by atoms with van der Waals surface area (Å²) in [6, 6.07) is 8.98. The molecular weight excluding hydrogens is 226 g/mol. The molecule has 4 heteroatoms. The van der Waals surface area contributed by atoms with Gasteiger partial charge >= 0.3 is 0 Å². The Morgan fingerprint density at radius 3 is 2.61 bits per heavy atom. The third kappa shape index (κ3) is 2.59. The number of hydrogen-bond donors (Lipinski definition) is 2.